The number of hydrogen-bond acceptors (Lipinski definition) is 7. The van der Waals surface area contributed by atoms with Crippen molar-refractivity contribution in [1.29, 1.82) is 0 Å². The molecule has 0 bridgehead atoms. The van der Waals surface area contributed by atoms with E-state index in [9.17, 15) is 19.1 Å². The number of likely N-dealkylation sites (tertiary alicyclic amines) is 1. The molecule has 198 valence electrons. The van der Waals surface area contributed by atoms with Crippen LogP contribution < -0.4 is 14.8 Å². The smallest absolute Gasteiger partial charge is 0.293 e. The summed E-state index contributed by atoms with van der Waals surface area (Å²) >= 11 is 7.23. The van der Waals surface area contributed by atoms with Crippen LogP contribution in [0.4, 0.5) is 4.39 Å². The number of nitrogens with one attached hydrogen (secondary N) is 1. The molecule has 37 heavy (non-hydrogen) atoms. The number of methoxy groups -OCH3 is 1. The number of thiophene rings is 1. The minimum absolute atomic E-state index is 0.0650. The Bertz CT molecular complexity index is 1290. The number of nitrogens with zero attached hydrogens (tertiary/aromatic N) is 1. The summed E-state index contributed by atoms with van der Waals surface area (Å²) in [6.45, 7) is 5.51. The van der Waals surface area contributed by atoms with E-state index in [4.69, 9.17) is 21.1 Å². The van der Waals surface area contributed by atoms with Gasteiger partial charge in [0.1, 0.15) is 6.10 Å². The number of rotatable bonds is 10. The Morgan fingerprint density at radius 3 is 2.59 bits per heavy atom. The molecule has 1 saturated heterocycles. The Morgan fingerprint density at radius 2 is 1.92 bits per heavy atom. The molecule has 1 amide bonds. The molecular formula is C27H30ClFN2O5S. The van der Waals surface area contributed by atoms with Crippen molar-refractivity contribution < 1.29 is 28.6 Å². The molecule has 7 nitrogen and oxygen atoms in total. The highest BCUT2D eigenvalue weighted by Gasteiger charge is 2.31. The molecule has 2 aromatic carbocycles. The van der Waals surface area contributed by atoms with Crippen LogP contribution in [0.5, 0.6) is 11.5 Å². The maximum absolute atomic E-state index is 14.9. The van der Waals surface area contributed by atoms with E-state index in [-0.39, 0.29) is 28.0 Å². The highest BCUT2D eigenvalue weighted by molar-refractivity contribution is 7.21. The Hall–Kier alpha value is -2.72. The van der Waals surface area contributed by atoms with Gasteiger partial charge in [-0.1, -0.05) is 17.7 Å². The third kappa shape index (κ3) is 6.41. The summed E-state index contributed by atoms with van der Waals surface area (Å²) in [5.41, 5.74) is 0.211. The fraction of sp³-hybridized carbons (Fsp3) is 0.407. The van der Waals surface area contributed by atoms with Gasteiger partial charge in [-0.2, -0.15) is 0 Å². The van der Waals surface area contributed by atoms with E-state index in [0.717, 1.165) is 42.1 Å². The number of carbonyl (C=O) groups excluding carboxylic acids is 2. The van der Waals surface area contributed by atoms with Gasteiger partial charge in [-0.15, -0.1) is 11.3 Å². The van der Waals surface area contributed by atoms with Gasteiger partial charge in [0.25, 0.3) is 11.7 Å². The maximum atomic E-state index is 14.9. The van der Waals surface area contributed by atoms with Gasteiger partial charge in [-0.05, 0) is 81.1 Å². The van der Waals surface area contributed by atoms with Crippen LogP contribution in [0.25, 0.3) is 10.1 Å². The first-order valence-corrected chi connectivity index (χ1v) is 13.3. The zero-order chi connectivity index (χ0) is 26.7. The van der Waals surface area contributed by atoms with Crippen LogP contribution >= 0.6 is 22.9 Å². The summed E-state index contributed by atoms with van der Waals surface area (Å²) in [6, 6.07) is 8.71. The van der Waals surface area contributed by atoms with E-state index in [1.807, 2.05) is 0 Å². The van der Waals surface area contributed by atoms with E-state index in [0.29, 0.717) is 11.6 Å². The van der Waals surface area contributed by atoms with Gasteiger partial charge in [-0.25, -0.2) is 4.39 Å². The van der Waals surface area contributed by atoms with Crippen molar-refractivity contribution in [2.75, 3.05) is 26.7 Å². The van der Waals surface area contributed by atoms with Gasteiger partial charge in [-0.3, -0.25) is 9.59 Å². The summed E-state index contributed by atoms with van der Waals surface area (Å²) < 4.78 is 26.5. The van der Waals surface area contributed by atoms with Crippen molar-refractivity contribution in [3.8, 4) is 11.5 Å². The zero-order valence-corrected chi connectivity index (χ0v) is 22.5. The zero-order valence-electron chi connectivity index (χ0n) is 20.9. The molecule has 0 spiro atoms. The van der Waals surface area contributed by atoms with Crippen LogP contribution in [0.3, 0.4) is 0 Å². The summed E-state index contributed by atoms with van der Waals surface area (Å²) in [6.07, 6.45) is 0.454. The van der Waals surface area contributed by atoms with E-state index < -0.39 is 29.7 Å². The van der Waals surface area contributed by atoms with Crippen molar-refractivity contribution in [2.24, 2.45) is 0 Å². The van der Waals surface area contributed by atoms with Crippen LogP contribution in [-0.4, -0.2) is 60.6 Å². The van der Waals surface area contributed by atoms with E-state index in [1.54, 1.807) is 38.1 Å². The lowest BCUT2D eigenvalue weighted by Crippen LogP contribution is -2.48. The topological polar surface area (TPSA) is 88.1 Å². The number of carbonyl (C=O) groups is 2. The molecule has 2 atom stereocenters. The molecule has 1 aromatic heterocycles. The molecule has 1 aliphatic rings. The van der Waals surface area contributed by atoms with Gasteiger partial charge >= 0.3 is 0 Å². The second-order valence-electron chi connectivity index (χ2n) is 9.36. The molecule has 0 radical (unpaired) electrons. The second kappa shape index (κ2) is 11.8. The predicted molar refractivity (Wildman–Crippen MR) is 142 cm³/mol. The summed E-state index contributed by atoms with van der Waals surface area (Å²) in [7, 11) is 1.34. The molecule has 3 aromatic rings. The van der Waals surface area contributed by atoms with Crippen LogP contribution in [0, 0.1) is 5.82 Å². The molecular weight excluding hydrogens is 519 g/mol. The molecule has 1 aliphatic heterocycles. The standard InChI is InChI=1S/C27H30ClFN2O5S/c1-15(2)36-21-11-17(10-19(29)26(21)35-3)24(32)20(14-31-8-4-5-9-31)30-27(34)25(33)23-12-16-6-7-18(28)13-22(16)37-23/h6-7,10-13,15,20,24,32H,4-5,8-9,14H2,1-3H3,(H,30,34). The molecule has 2 heterocycles. The van der Waals surface area contributed by atoms with Gasteiger partial charge in [0, 0.05) is 16.3 Å². The van der Waals surface area contributed by atoms with Gasteiger partial charge in [0.2, 0.25) is 0 Å². The van der Waals surface area contributed by atoms with Crippen LogP contribution in [-0.2, 0) is 4.79 Å². The fourth-order valence-electron chi connectivity index (χ4n) is 4.46. The number of ether oxygens (including phenoxy) is 2. The largest absolute Gasteiger partial charge is 0.490 e. The monoisotopic (exact) mass is 548 g/mol. The first-order valence-electron chi connectivity index (χ1n) is 12.1. The molecule has 1 fully saturated rings. The Kier molecular flexibility index (Phi) is 8.69. The number of hydrogen-bond donors (Lipinski definition) is 2. The van der Waals surface area contributed by atoms with Crippen molar-refractivity contribution in [2.45, 2.75) is 44.9 Å². The Labute approximate surface area is 224 Å². The van der Waals surface area contributed by atoms with Crippen molar-refractivity contribution in [3.63, 3.8) is 0 Å². The quantitative estimate of drug-likeness (QED) is 0.274. The predicted octanol–water partition coefficient (Wildman–Crippen LogP) is 4.99. The second-order valence-corrected chi connectivity index (χ2v) is 10.9. The number of halogens is 2. The third-order valence-corrected chi connectivity index (χ3v) is 7.54. The van der Waals surface area contributed by atoms with E-state index >= 15 is 0 Å². The fourth-order valence-corrected chi connectivity index (χ4v) is 5.74. The number of amides is 1. The highest BCUT2D eigenvalue weighted by Crippen LogP contribution is 2.35. The number of benzene rings is 2. The van der Waals surface area contributed by atoms with Crippen molar-refractivity contribution in [1.82, 2.24) is 10.2 Å². The molecule has 2 unspecified atom stereocenters. The first-order chi connectivity index (χ1) is 17.7. The molecule has 4 rings (SSSR count). The lowest BCUT2D eigenvalue weighted by Gasteiger charge is -2.29. The average Bonchev–Trinajstić information content (AvgIpc) is 3.51. The number of aliphatic hydroxyl groups excluding tert-OH is 1. The average molecular weight is 549 g/mol. The van der Waals surface area contributed by atoms with Gasteiger partial charge < -0.3 is 24.8 Å². The third-order valence-electron chi connectivity index (χ3n) is 6.20. The maximum Gasteiger partial charge on any atom is 0.293 e. The van der Waals surface area contributed by atoms with Crippen LogP contribution in [0.15, 0.2) is 36.4 Å². The first kappa shape index (κ1) is 27.3. The molecule has 0 saturated carbocycles. The summed E-state index contributed by atoms with van der Waals surface area (Å²) in [5.74, 6) is -2.15. The SMILES string of the molecule is COc1c(F)cc(C(O)C(CN2CCCC2)NC(=O)C(=O)c2cc3ccc(Cl)cc3s2)cc1OC(C)C. The van der Waals surface area contributed by atoms with Gasteiger partial charge in [0.05, 0.1) is 24.1 Å². The molecule has 10 heteroatoms. The number of Topliss-reactive ketones (excluding diaryl/α,β-unsaturated/α-hetero) is 1. The van der Waals surface area contributed by atoms with Crippen LogP contribution in [0.2, 0.25) is 5.02 Å². The Morgan fingerprint density at radius 1 is 1.19 bits per heavy atom. The van der Waals surface area contributed by atoms with Crippen LogP contribution in [0.1, 0.15) is 48.0 Å². The summed E-state index contributed by atoms with van der Waals surface area (Å²) in [5, 5.41) is 15.4. The minimum atomic E-state index is -1.30. The minimum Gasteiger partial charge on any atom is -0.490 e. The van der Waals surface area contributed by atoms with Gasteiger partial charge in [0.15, 0.2) is 17.3 Å². The van der Waals surface area contributed by atoms with E-state index in [1.165, 1.54) is 24.5 Å². The number of aliphatic hydroxyl groups is 1. The van der Waals surface area contributed by atoms with E-state index in [2.05, 4.69) is 10.2 Å². The molecule has 0 aliphatic carbocycles. The number of fused-ring (bicyclic) bond motifs is 1. The Balaban J connectivity index is 1.60. The molecule has 2 N–H and O–H groups in total. The lowest BCUT2D eigenvalue weighted by molar-refractivity contribution is -0.118. The number of ketones is 1. The summed E-state index contributed by atoms with van der Waals surface area (Å²) in [4.78, 5) is 28.4. The normalized spacial score (nSPS) is 15.6. The van der Waals surface area contributed by atoms with Crippen molar-refractivity contribution >= 4 is 44.7 Å². The highest BCUT2D eigenvalue weighted by atomic mass is 35.5. The lowest BCUT2D eigenvalue weighted by atomic mass is 10.00. The van der Waals surface area contributed by atoms with Crippen molar-refractivity contribution in [3.05, 3.63) is 57.7 Å².